The number of carbonyl (C=O) groups excluding carboxylic acids is 1. The smallest absolute Gasteiger partial charge is 0.310 e. The molecule has 0 aliphatic carbocycles. The van der Waals surface area contributed by atoms with Gasteiger partial charge in [-0.1, -0.05) is 36.8 Å². The number of carboxylic acid groups (broad SMARTS) is 1. The van der Waals surface area contributed by atoms with Crippen molar-refractivity contribution in [1.29, 1.82) is 0 Å². The standard InChI is InChI=1S/C14H19NO3/c1-11(16)15-10-6-5-9-13(14(17)18)12-7-3-2-4-8-12/h2-4,7-8,13H,5-6,9-10H2,1H3,(H,15,16)(H,17,18). The Morgan fingerprint density at radius 3 is 2.44 bits per heavy atom. The van der Waals surface area contributed by atoms with Crippen LogP contribution in [0.4, 0.5) is 0 Å². The van der Waals surface area contributed by atoms with E-state index in [0.717, 1.165) is 18.4 Å². The largest absolute Gasteiger partial charge is 0.481 e. The van der Waals surface area contributed by atoms with Crippen LogP contribution >= 0.6 is 0 Å². The highest BCUT2D eigenvalue weighted by atomic mass is 16.4. The Kier molecular flexibility index (Phi) is 5.91. The molecule has 0 heterocycles. The van der Waals surface area contributed by atoms with E-state index in [1.54, 1.807) is 0 Å². The zero-order valence-corrected chi connectivity index (χ0v) is 10.6. The summed E-state index contributed by atoms with van der Waals surface area (Å²) >= 11 is 0. The van der Waals surface area contributed by atoms with E-state index < -0.39 is 11.9 Å². The maximum Gasteiger partial charge on any atom is 0.310 e. The molecule has 98 valence electrons. The molecular formula is C14H19NO3. The lowest BCUT2D eigenvalue weighted by molar-refractivity contribution is -0.139. The number of hydrogen-bond donors (Lipinski definition) is 2. The molecule has 0 fully saturated rings. The first-order chi connectivity index (χ1) is 8.61. The maximum atomic E-state index is 11.2. The Morgan fingerprint density at radius 1 is 1.22 bits per heavy atom. The van der Waals surface area contributed by atoms with Crippen molar-refractivity contribution in [2.24, 2.45) is 0 Å². The first-order valence-corrected chi connectivity index (χ1v) is 6.13. The SMILES string of the molecule is CC(=O)NCCCCC(C(=O)O)c1ccccc1. The summed E-state index contributed by atoms with van der Waals surface area (Å²) in [5.74, 6) is -1.29. The monoisotopic (exact) mass is 249 g/mol. The van der Waals surface area contributed by atoms with Crippen molar-refractivity contribution in [3.63, 3.8) is 0 Å². The Balaban J connectivity index is 2.41. The number of rotatable bonds is 7. The Morgan fingerprint density at radius 2 is 1.89 bits per heavy atom. The third-order valence-corrected chi connectivity index (χ3v) is 2.79. The molecule has 0 saturated carbocycles. The number of carbonyl (C=O) groups is 2. The second-order valence-corrected chi connectivity index (χ2v) is 4.28. The summed E-state index contributed by atoms with van der Waals surface area (Å²) in [6.07, 6.45) is 2.18. The van der Waals surface area contributed by atoms with E-state index in [1.807, 2.05) is 30.3 Å². The van der Waals surface area contributed by atoms with Crippen LogP contribution in [-0.2, 0) is 9.59 Å². The maximum absolute atomic E-state index is 11.2. The zero-order valence-electron chi connectivity index (χ0n) is 10.6. The summed E-state index contributed by atoms with van der Waals surface area (Å²) in [5, 5.41) is 11.9. The van der Waals surface area contributed by atoms with Crippen LogP contribution in [0.25, 0.3) is 0 Å². The van der Waals surface area contributed by atoms with Crippen molar-refractivity contribution in [1.82, 2.24) is 5.32 Å². The van der Waals surface area contributed by atoms with Gasteiger partial charge in [-0.05, 0) is 18.4 Å². The second kappa shape index (κ2) is 7.48. The lowest BCUT2D eigenvalue weighted by Crippen LogP contribution is -2.21. The number of unbranched alkanes of at least 4 members (excludes halogenated alkanes) is 1. The predicted molar refractivity (Wildman–Crippen MR) is 69.4 cm³/mol. The highest BCUT2D eigenvalue weighted by Gasteiger charge is 2.18. The normalized spacial score (nSPS) is 11.8. The van der Waals surface area contributed by atoms with Gasteiger partial charge in [0, 0.05) is 13.5 Å². The number of hydrogen-bond acceptors (Lipinski definition) is 2. The van der Waals surface area contributed by atoms with Crippen LogP contribution in [0.3, 0.4) is 0 Å². The van der Waals surface area contributed by atoms with Crippen LogP contribution in [0, 0.1) is 0 Å². The third kappa shape index (κ3) is 4.99. The second-order valence-electron chi connectivity index (χ2n) is 4.28. The van der Waals surface area contributed by atoms with Crippen molar-refractivity contribution < 1.29 is 14.7 Å². The number of carboxylic acids is 1. The highest BCUT2D eigenvalue weighted by molar-refractivity contribution is 5.76. The molecule has 1 atom stereocenters. The first-order valence-electron chi connectivity index (χ1n) is 6.13. The van der Waals surface area contributed by atoms with Crippen molar-refractivity contribution in [3.05, 3.63) is 35.9 Å². The van der Waals surface area contributed by atoms with Crippen molar-refractivity contribution >= 4 is 11.9 Å². The minimum Gasteiger partial charge on any atom is -0.481 e. The average Bonchev–Trinajstić information content (AvgIpc) is 2.34. The lowest BCUT2D eigenvalue weighted by atomic mass is 9.94. The van der Waals surface area contributed by atoms with Gasteiger partial charge in [-0.3, -0.25) is 9.59 Å². The molecule has 1 unspecified atom stereocenters. The number of aliphatic carboxylic acids is 1. The Bertz CT molecular complexity index is 389. The van der Waals surface area contributed by atoms with Crippen molar-refractivity contribution in [2.45, 2.75) is 32.1 Å². The van der Waals surface area contributed by atoms with Gasteiger partial charge in [0.05, 0.1) is 5.92 Å². The van der Waals surface area contributed by atoms with E-state index in [9.17, 15) is 14.7 Å². The minimum atomic E-state index is -0.791. The molecule has 1 amide bonds. The third-order valence-electron chi connectivity index (χ3n) is 2.79. The van der Waals surface area contributed by atoms with E-state index in [2.05, 4.69) is 5.32 Å². The minimum absolute atomic E-state index is 0.0483. The zero-order chi connectivity index (χ0) is 13.4. The van der Waals surface area contributed by atoms with Crippen LogP contribution in [0.15, 0.2) is 30.3 Å². The van der Waals surface area contributed by atoms with Crippen molar-refractivity contribution in [3.8, 4) is 0 Å². The number of benzene rings is 1. The fraction of sp³-hybridized carbons (Fsp3) is 0.429. The quantitative estimate of drug-likeness (QED) is 0.728. The van der Waals surface area contributed by atoms with Gasteiger partial charge >= 0.3 is 5.97 Å². The molecule has 0 aliphatic heterocycles. The lowest BCUT2D eigenvalue weighted by Gasteiger charge is -2.12. The summed E-state index contributed by atoms with van der Waals surface area (Å²) in [5.41, 5.74) is 0.838. The molecular weight excluding hydrogens is 230 g/mol. The molecule has 2 N–H and O–H groups in total. The summed E-state index contributed by atoms with van der Waals surface area (Å²) in [4.78, 5) is 21.9. The predicted octanol–water partition coefficient (Wildman–Crippen LogP) is 2.16. The van der Waals surface area contributed by atoms with Crippen LogP contribution in [0.1, 0.15) is 37.7 Å². The molecule has 18 heavy (non-hydrogen) atoms. The van der Waals surface area contributed by atoms with Gasteiger partial charge in [-0.25, -0.2) is 0 Å². The van der Waals surface area contributed by atoms with Gasteiger partial charge < -0.3 is 10.4 Å². The molecule has 0 radical (unpaired) electrons. The first kappa shape index (κ1) is 14.2. The van der Waals surface area contributed by atoms with E-state index in [-0.39, 0.29) is 5.91 Å². The Labute approximate surface area is 107 Å². The number of amides is 1. The van der Waals surface area contributed by atoms with Gasteiger partial charge in [0.2, 0.25) is 5.91 Å². The molecule has 0 aromatic heterocycles. The van der Waals surface area contributed by atoms with Crippen LogP contribution in [0.5, 0.6) is 0 Å². The van der Waals surface area contributed by atoms with Gasteiger partial charge in [0.1, 0.15) is 0 Å². The molecule has 1 aromatic carbocycles. The summed E-state index contributed by atoms with van der Waals surface area (Å²) < 4.78 is 0. The Hall–Kier alpha value is -1.84. The van der Waals surface area contributed by atoms with Gasteiger partial charge in [-0.2, -0.15) is 0 Å². The van der Waals surface area contributed by atoms with Crippen LogP contribution in [0.2, 0.25) is 0 Å². The molecule has 4 nitrogen and oxygen atoms in total. The molecule has 4 heteroatoms. The highest BCUT2D eigenvalue weighted by Crippen LogP contribution is 2.21. The molecule has 1 rings (SSSR count). The molecule has 1 aromatic rings. The van der Waals surface area contributed by atoms with E-state index in [1.165, 1.54) is 6.92 Å². The average molecular weight is 249 g/mol. The van der Waals surface area contributed by atoms with Gasteiger partial charge in [-0.15, -0.1) is 0 Å². The summed E-state index contributed by atoms with van der Waals surface area (Å²) in [6, 6.07) is 9.25. The van der Waals surface area contributed by atoms with E-state index in [0.29, 0.717) is 13.0 Å². The summed E-state index contributed by atoms with van der Waals surface area (Å²) in [7, 11) is 0. The molecule has 0 aliphatic rings. The fourth-order valence-corrected chi connectivity index (χ4v) is 1.86. The summed E-state index contributed by atoms with van der Waals surface area (Å²) in [6.45, 7) is 2.08. The number of nitrogens with one attached hydrogen (secondary N) is 1. The fourth-order valence-electron chi connectivity index (χ4n) is 1.86. The molecule has 0 bridgehead atoms. The topological polar surface area (TPSA) is 66.4 Å². The van der Waals surface area contributed by atoms with E-state index in [4.69, 9.17) is 0 Å². The van der Waals surface area contributed by atoms with E-state index >= 15 is 0 Å². The molecule has 0 saturated heterocycles. The van der Waals surface area contributed by atoms with Gasteiger partial charge in [0.25, 0.3) is 0 Å². The van der Waals surface area contributed by atoms with Gasteiger partial charge in [0.15, 0.2) is 0 Å². The molecule has 0 spiro atoms. The van der Waals surface area contributed by atoms with Crippen LogP contribution < -0.4 is 5.32 Å². The van der Waals surface area contributed by atoms with Crippen molar-refractivity contribution in [2.75, 3.05) is 6.54 Å². The van der Waals surface area contributed by atoms with Crippen LogP contribution in [-0.4, -0.2) is 23.5 Å².